The summed E-state index contributed by atoms with van der Waals surface area (Å²) in [7, 11) is 1.59. The fourth-order valence-electron chi connectivity index (χ4n) is 3.16. The van der Waals surface area contributed by atoms with Gasteiger partial charge in [-0.25, -0.2) is 0 Å². The van der Waals surface area contributed by atoms with Gasteiger partial charge in [0.05, 0.1) is 13.7 Å². The highest BCUT2D eigenvalue weighted by atomic mass is 16.5. The van der Waals surface area contributed by atoms with Crippen LogP contribution in [0.4, 0.5) is 0 Å². The van der Waals surface area contributed by atoms with Gasteiger partial charge in [0, 0.05) is 24.2 Å². The van der Waals surface area contributed by atoms with Crippen molar-refractivity contribution < 1.29 is 19.4 Å². The number of aliphatic carboxylic acids is 1. The van der Waals surface area contributed by atoms with Crippen LogP contribution in [0.2, 0.25) is 0 Å². The average molecular weight is 332 g/mol. The molecule has 0 atom stereocenters. The lowest BCUT2D eigenvalue weighted by Gasteiger charge is -2.42. The predicted octanol–water partition coefficient (Wildman–Crippen LogP) is 1.75. The van der Waals surface area contributed by atoms with Gasteiger partial charge in [-0.2, -0.15) is 0 Å². The van der Waals surface area contributed by atoms with Crippen molar-refractivity contribution in [3.05, 3.63) is 29.8 Å². The summed E-state index contributed by atoms with van der Waals surface area (Å²) in [5.74, 6) is 0.520. The van der Waals surface area contributed by atoms with Crippen LogP contribution in [0.3, 0.4) is 0 Å². The van der Waals surface area contributed by atoms with Crippen LogP contribution in [-0.4, -0.2) is 54.2 Å². The van der Waals surface area contributed by atoms with Crippen molar-refractivity contribution in [2.45, 2.75) is 37.8 Å². The second kappa shape index (κ2) is 7.21. The lowest BCUT2D eigenvalue weighted by molar-refractivity contribution is -0.139. The van der Waals surface area contributed by atoms with E-state index >= 15 is 0 Å². The Morgan fingerprint density at radius 3 is 2.46 bits per heavy atom. The second-order valence-corrected chi connectivity index (χ2v) is 6.79. The fraction of sp³-hybridized carbons (Fsp3) is 0.556. The van der Waals surface area contributed by atoms with Gasteiger partial charge < -0.3 is 15.2 Å². The van der Waals surface area contributed by atoms with E-state index in [1.807, 2.05) is 0 Å². The Balaban J connectivity index is 1.47. The van der Waals surface area contributed by atoms with Crippen molar-refractivity contribution in [1.82, 2.24) is 10.2 Å². The number of amides is 1. The number of carboxylic acids is 1. The molecule has 130 valence electrons. The number of ether oxygens (including phenoxy) is 1. The molecule has 1 amide bonds. The van der Waals surface area contributed by atoms with E-state index in [2.05, 4.69) is 10.2 Å². The summed E-state index contributed by atoms with van der Waals surface area (Å²) >= 11 is 0. The maximum absolute atomic E-state index is 12.2. The van der Waals surface area contributed by atoms with Gasteiger partial charge in [-0.3, -0.25) is 14.5 Å². The largest absolute Gasteiger partial charge is 0.497 e. The minimum Gasteiger partial charge on any atom is -0.497 e. The van der Waals surface area contributed by atoms with Crippen LogP contribution >= 0.6 is 0 Å². The first-order chi connectivity index (χ1) is 11.5. The normalized spacial score (nSPS) is 22.8. The van der Waals surface area contributed by atoms with Crippen molar-refractivity contribution in [2.24, 2.45) is 5.92 Å². The van der Waals surface area contributed by atoms with Gasteiger partial charge in [-0.1, -0.05) is 0 Å². The molecular formula is C18H24N2O4. The Labute approximate surface area is 141 Å². The first kappa shape index (κ1) is 16.8. The molecule has 1 aromatic rings. The molecule has 0 bridgehead atoms. The molecule has 0 spiro atoms. The highest BCUT2D eigenvalue weighted by Crippen LogP contribution is 2.33. The summed E-state index contributed by atoms with van der Waals surface area (Å²) in [6, 6.07) is 7.41. The molecule has 24 heavy (non-hydrogen) atoms. The van der Waals surface area contributed by atoms with Crippen LogP contribution in [-0.2, 0) is 4.79 Å². The first-order valence-electron chi connectivity index (χ1n) is 8.46. The Morgan fingerprint density at radius 2 is 1.92 bits per heavy atom. The third-order valence-electron chi connectivity index (χ3n) is 4.84. The molecule has 0 unspecified atom stereocenters. The molecule has 2 aliphatic carbocycles. The summed E-state index contributed by atoms with van der Waals surface area (Å²) in [5, 5.41) is 12.1. The number of nitrogens with one attached hydrogen (secondary N) is 1. The van der Waals surface area contributed by atoms with Gasteiger partial charge in [0.2, 0.25) is 0 Å². The number of carbonyl (C=O) groups is 2. The zero-order valence-electron chi connectivity index (χ0n) is 13.9. The Kier molecular flexibility index (Phi) is 5.04. The minimum atomic E-state index is -0.777. The summed E-state index contributed by atoms with van der Waals surface area (Å²) in [6.45, 7) is 0.969. The Hall–Kier alpha value is -2.08. The van der Waals surface area contributed by atoms with Gasteiger partial charge in [-0.05, 0) is 55.9 Å². The molecule has 2 N–H and O–H groups in total. The monoisotopic (exact) mass is 332 g/mol. The number of rotatable bonds is 8. The Morgan fingerprint density at radius 1 is 1.25 bits per heavy atom. The Bertz CT molecular complexity index is 592. The van der Waals surface area contributed by atoms with E-state index in [9.17, 15) is 9.59 Å². The lowest BCUT2D eigenvalue weighted by atomic mass is 9.85. The summed E-state index contributed by atoms with van der Waals surface area (Å²) in [4.78, 5) is 25.3. The number of carboxylic acid groups (broad SMARTS) is 1. The lowest BCUT2D eigenvalue weighted by Crippen LogP contribution is -2.55. The van der Waals surface area contributed by atoms with Crippen molar-refractivity contribution >= 4 is 11.9 Å². The third-order valence-corrected chi connectivity index (χ3v) is 4.84. The molecule has 0 saturated heterocycles. The van der Waals surface area contributed by atoms with Crippen LogP contribution in [0.5, 0.6) is 5.75 Å². The van der Waals surface area contributed by atoms with E-state index in [4.69, 9.17) is 9.84 Å². The number of carbonyl (C=O) groups excluding carboxylic acids is 1. The first-order valence-corrected chi connectivity index (χ1v) is 8.46. The second-order valence-electron chi connectivity index (χ2n) is 6.79. The SMILES string of the molecule is COc1ccc(C(=O)NC2CC(N(CC(=O)O)CC3CC3)C2)cc1. The zero-order chi connectivity index (χ0) is 17.1. The van der Waals surface area contributed by atoms with Gasteiger partial charge in [0.1, 0.15) is 5.75 Å². The molecule has 0 aliphatic heterocycles. The van der Waals surface area contributed by atoms with E-state index in [0.29, 0.717) is 11.5 Å². The standard InChI is InChI=1S/C18H24N2O4/c1-24-16-6-4-13(5-7-16)18(23)19-14-8-15(9-14)20(11-17(21)22)10-12-2-3-12/h4-7,12,14-15H,2-3,8-11H2,1H3,(H,19,23)(H,21,22). The van der Waals surface area contributed by atoms with E-state index in [1.165, 1.54) is 12.8 Å². The average Bonchev–Trinajstić information content (AvgIpc) is 3.33. The summed E-state index contributed by atoms with van der Waals surface area (Å²) < 4.78 is 5.09. The number of benzene rings is 1. The van der Waals surface area contributed by atoms with Gasteiger partial charge >= 0.3 is 5.97 Å². The maximum Gasteiger partial charge on any atom is 0.317 e. The quantitative estimate of drug-likeness (QED) is 0.758. The van der Waals surface area contributed by atoms with Crippen LogP contribution in [0, 0.1) is 5.92 Å². The zero-order valence-corrected chi connectivity index (χ0v) is 13.9. The molecule has 1 aromatic carbocycles. The van der Waals surface area contributed by atoms with Crippen molar-refractivity contribution in [1.29, 1.82) is 0 Å². The number of hydrogen-bond acceptors (Lipinski definition) is 4. The molecule has 2 saturated carbocycles. The van der Waals surface area contributed by atoms with E-state index < -0.39 is 5.97 Å². The molecule has 0 aromatic heterocycles. The number of hydrogen-bond donors (Lipinski definition) is 2. The highest BCUT2D eigenvalue weighted by Gasteiger charge is 2.37. The number of methoxy groups -OCH3 is 1. The molecule has 0 heterocycles. The smallest absolute Gasteiger partial charge is 0.317 e. The van der Waals surface area contributed by atoms with Crippen LogP contribution in [0.15, 0.2) is 24.3 Å². The van der Waals surface area contributed by atoms with E-state index in [1.54, 1.807) is 31.4 Å². The van der Waals surface area contributed by atoms with Gasteiger partial charge in [-0.15, -0.1) is 0 Å². The molecule has 6 nitrogen and oxygen atoms in total. The van der Waals surface area contributed by atoms with Crippen molar-refractivity contribution in [3.63, 3.8) is 0 Å². The maximum atomic E-state index is 12.2. The third kappa shape index (κ3) is 4.26. The highest BCUT2D eigenvalue weighted by molar-refractivity contribution is 5.94. The summed E-state index contributed by atoms with van der Waals surface area (Å²) in [6.07, 6.45) is 4.06. The van der Waals surface area contributed by atoms with E-state index in [0.717, 1.165) is 25.1 Å². The predicted molar refractivity (Wildman–Crippen MR) is 89.2 cm³/mol. The molecule has 0 radical (unpaired) electrons. The van der Waals surface area contributed by atoms with Crippen LogP contribution in [0.25, 0.3) is 0 Å². The minimum absolute atomic E-state index is 0.0897. The van der Waals surface area contributed by atoms with Crippen molar-refractivity contribution in [3.8, 4) is 5.75 Å². The molecular weight excluding hydrogens is 308 g/mol. The molecule has 2 fully saturated rings. The topological polar surface area (TPSA) is 78.9 Å². The van der Waals surface area contributed by atoms with Crippen LogP contribution < -0.4 is 10.1 Å². The van der Waals surface area contributed by atoms with Gasteiger partial charge in [0.25, 0.3) is 5.91 Å². The van der Waals surface area contributed by atoms with Gasteiger partial charge in [0.15, 0.2) is 0 Å². The van der Waals surface area contributed by atoms with Crippen LogP contribution in [0.1, 0.15) is 36.0 Å². The van der Waals surface area contributed by atoms with E-state index in [-0.39, 0.29) is 24.5 Å². The summed E-state index contributed by atoms with van der Waals surface area (Å²) in [5.41, 5.74) is 0.611. The number of nitrogens with zero attached hydrogens (tertiary/aromatic N) is 1. The molecule has 3 rings (SSSR count). The molecule has 6 heteroatoms. The van der Waals surface area contributed by atoms with Crippen molar-refractivity contribution in [2.75, 3.05) is 20.2 Å². The fourth-order valence-corrected chi connectivity index (χ4v) is 3.16. The molecule has 2 aliphatic rings.